The number of anilines is 1. The van der Waals surface area contributed by atoms with Gasteiger partial charge in [0.2, 0.25) is 5.95 Å². The van der Waals surface area contributed by atoms with Gasteiger partial charge in [-0.2, -0.15) is 13.2 Å². The van der Waals surface area contributed by atoms with E-state index in [9.17, 15) is 18.0 Å². The van der Waals surface area contributed by atoms with Crippen LogP contribution in [0.2, 0.25) is 0 Å². The summed E-state index contributed by atoms with van der Waals surface area (Å²) >= 11 is 0. The lowest BCUT2D eigenvalue weighted by Crippen LogP contribution is -2.18. The maximum absolute atomic E-state index is 12.6. The summed E-state index contributed by atoms with van der Waals surface area (Å²) in [6, 6.07) is 13.9. The molecule has 0 aliphatic heterocycles. The van der Waals surface area contributed by atoms with Crippen molar-refractivity contribution < 1.29 is 13.2 Å². The molecule has 1 aromatic heterocycles. The number of nitrogens with zero attached hydrogens (tertiary/aromatic N) is 1. The van der Waals surface area contributed by atoms with Crippen LogP contribution in [0, 0.1) is 0 Å². The molecule has 4 nitrogen and oxygen atoms in total. The number of H-pyrrole nitrogens is 1. The van der Waals surface area contributed by atoms with Crippen molar-refractivity contribution in [3.8, 4) is 0 Å². The number of alkyl halides is 3. The highest BCUT2D eigenvalue weighted by atomic mass is 19.4. The number of halogens is 3. The van der Waals surface area contributed by atoms with Crippen LogP contribution in [0.5, 0.6) is 0 Å². The molecular formula is C16H12F3N3O. The smallest absolute Gasteiger partial charge is 0.352 e. The maximum atomic E-state index is 12.6. The molecule has 2 aromatic carbocycles. The highest BCUT2D eigenvalue weighted by Crippen LogP contribution is 2.26. The predicted molar refractivity (Wildman–Crippen MR) is 81.1 cm³/mol. The molecule has 0 unspecified atom stereocenters. The van der Waals surface area contributed by atoms with Crippen molar-refractivity contribution in [3.63, 3.8) is 0 Å². The second-order valence-corrected chi connectivity index (χ2v) is 5.01. The third kappa shape index (κ3) is 3.50. The molecule has 0 spiro atoms. The summed E-state index contributed by atoms with van der Waals surface area (Å²) in [6.07, 6.45) is -4.66. The Morgan fingerprint density at radius 2 is 1.78 bits per heavy atom. The van der Waals surface area contributed by atoms with Gasteiger partial charge in [0.05, 0.1) is 0 Å². The third-order valence-corrected chi connectivity index (χ3v) is 3.31. The number of rotatable bonds is 3. The van der Waals surface area contributed by atoms with Crippen LogP contribution in [0.15, 0.2) is 53.3 Å². The van der Waals surface area contributed by atoms with Crippen LogP contribution in [0.25, 0.3) is 10.8 Å². The van der Waals surface area contributed by atoms with Crippen molar-refractivity contribution in [1.29, 1.82) is 0 Å². The molecule has 3 rings (SSSR count). The standard InChI is InChI=1S/C16H12F3N3O/c17-16(18,19)13-8-14(23)22-15(21-13)20-9-10-5-6-11-3-1-2-4-12(11)7-10/h1-8H,9H2,(H2,20,21,22,23). The number of aromatic nitrogens is 2. The molecule has 118 valence electrons. The number of aromatic amines is 1. The second-order valence-electron chi connectivity index (χ2n) is 5.01. The Morgan fingerprint density at radius 3 is 2.52 bits per heavy atom. The Balaban J connectivity index is 1.82. The fourth-order valence-corrected chi connectivity index (χ4v) is 2.22. The predicted octanol–water partition coefficient (Wildman–Crippen LogP) is 3.55. The summed E-state index contributed by atoms with van der Waals surface area (Å²) in [6.45, 7) is 0.245. The second kappa shape index (κ2) is 5.75. The van der Waals surface area contributed by atoms with Crippen LogP contribution in [0.1, 0.15) is 11.3 Å². The third-order valence-electron chi connectivity index (χ3n) is 3.31. The molecule has 0 aliphatic carbocycles. The number of hydrogen-bond acceptors (Lipinski definition) is 3. The molecule has 0 aliphatic rings. The minimum Gasteiger partial charge on any atom is -0.352 e. The lowest BCUT2D eigenvalue weighted by molar-refractivity contribution is -0.141. The number of nitrogens with one attached hydrogen (secondary N) is 2. The lowest BCUT2D eigenvalue weighted by Gasteiger charge is -2.09. The minimum absolute atomic E-state index is 0.210. The number of benzene rings is 2. The Hall–Kier alpha value is -2.83. The summed E-state index contributed by atoms with van der Waals surface area (Å²) in [5.41, 5.74) is -1.21. The van der Waals surface area contributed by atoms with Crippen molar-refractivity contribution >= 4 is 16.7 Å². The summed E-state index contributed by atoms with van der Waals surface area (Å²) in [5, 5.41) is 4.81. The quantitative estimate of drug-likeness (QED) is 0.776. The fourth-order valence-electron chi connectivity index (χ4n) is 2.22. The zero-order valence-corrected chi connectivity index (χ0v) is 11.8. The van der Waals surface area contributed by atoms with Crippen LogP contribution in [0.3, 0.4) is 0 Å². The Labute approximate surface area is 129 Å². The van der Waals surface area contributed by atoms with Gasteiger partial charge in [0.25, 0.3) is 5.56 Å². The molecule has 23 heavy (non-hydrogen) atoms. The van der Waals surface area contributed by atoms with E-state index in [-0.39, 0.29) is 12.5 Å². The van der Waals surface area contributed by atoms with Gasteiger partial charge < -0.3 is 5.32 Å². The summed E-state index contributed by atoms with van der Waals surface area (Å²) in [7, 11) is 0. The maximum Gasteiger partial charge on any atom is 0.433 e. The van der Waals surface area contributed by atoms with Crippen LogP contribution < -0.4 is 10.9 Å². The Bertz CT molecular complexity index is 903. The molecule has 3 aromatic rings. The molecular weight excluding hydrogens is 307 g/mol. The minimum atomic E-state index is -4.66. The zero-order chi connectivity index (χ0) is 16.4. The van der Waals surface area contributed by atoms with E-state index in [0.29, 0.717) is 6.07 Å². The van der Waals surface area contributed by atoms with Crippen molar-refractivity contribution in [2.45, 2.75) is 12.7 Å². The van der Waals surface area contributed by atoms with E-state index in [0.717, 1.165) is 16.3 Å². The zero-order valence-electron chi connectivity index (χ0n) is 11.8. The lowest BCUT2D eigenvalue weighted by atomic mass is 10.1. The van der Waals surface area contributed by atoms with E-state index < -0.39 is 17.4 Å². The first kappa shape index (κ1) is 15.1. The van der Waals surface area contributed by atoms with Gasteiger partial charge >= 0.3 is 6.18 Å². The average molecular weight is 319 g/mol. The van der Waals surface area contributed by atoms with Crippen molar-refractivity contribution in [3.05, 3.63) is 70.1 Å². The number of fused-ring (bicyclic) bond motifs is 1. The molecule has 0 atom stereocenters. The summed E-state index contributed by atoms with van der Waals surface area (Å²) < 4.78 is 37.9. The van der Waals surface area contributed by atoms with Crippen molar-refractivity contribution in [2.75, 3.05) is 5.32 Å². The summed E-state index contributed by atoms with van der Waals surface area (Å²) in [4.78, 5) is 16.9. The van der Waals surface area contributed by atoms with Gasteiger partial charge in [0.15, 0.2) is 5.69 Å². The van der Waals surface area contributed by atoms with Gasteiger partial charge in [-0.25, -0.2) is 4.98 Å². The molecule has 2 N–H and O–H groups in total. The molecule has 7 heteroatoms. The molecule has 1 heterocycles. The van der Waals surface area contributed by atoms with E-state index in [4.69, 9.17) is 0 Å². The Kier molecular flexibility index (Phi) is 3.77. The van der Waals surface area contributed by atoms with Crippen LogP contribution >= 0.6 is 0 Å². The molecule has 0 saturated heterocycles. The Morgan fingerprint density at radius 1 is 1.04 bits per heavy atom. The topological polar surface area (TPSA) is 57.8 Å². The van der Waals surface area contributed by atoms with Gasteiger partial charge in [0, 0.05) is 12.6 Å². The first-order chi connectivity index (χ1) is 10.9. The van der Waals surface area contributed by atoms with Gasteiger partial charge in [0.1, 0.15) is 0 Å². The highest BCUT2D eigenvalue weighted by Gasteiger charge is 2.33. The van der Waals surface area contributed by atoms with Gasteiger partial charge in [-0.15, -0.1) is 0 Å². The monoisotopic (exact) mass is 319 g/mol. The van der Waals surface area contributed by atoms with E-state index in [1.165, 1.54) is 0 Å². The van der Waals surface area contributed by atoms with Crippen LogP contribution in [-0.2, 0) is 12.7 Å². The van der Waals surface area contributed by atoms with Crippen LogP contribution in [0.4, 0.5) is 19.1 Å². The van der Waals surface area contributed by atoms with E-state index >= 15 is 0 Å². The average Bonchev–Trinajstić information content (AvgIpc) is 2.51. The normalized spacial score (nSPS) is 11.6. The van der Waals surface area contributed by atoms with Gasteiger partial charge in [-0.3, -0.25) is 9.78 Å². The first-order valence-electron chi connectivity index (χ1n) is 6.82. The molecule has 0 fully saturated rings. The van der Waals surface area contributed by atoms with Gasteiger partial charge in [-0.1, -0.05) is 36.4 Å². The van der Waals surface area contributed by atoms with E-state index in [2.05, 4.69) is 15.3 Å². The van der Waals surface area contributed by atoms with Crippen molar-refractivity contribution in [1.82, 2.24) is 9.97 Å². The van der Waals surface area contributed by atoms with Crippen molar-refractivity contribution in [2.24, 2.45) is 0 Å². The molecule has 0 saturated carbocycles. The molecule has 0 bridgehead atoms. The van der Waals surface area contributed by atoms with E-state index in [1.807, 2.05) is 42.5 Å². The number of hydrogen-bond donors (Lipinski definition) is 2. The molecule has 0 amide bonds. The fraction of sp³-hybridized carbons (Fsp3) is 0.125. The largest absolute Gasteiger partial charge is 0.433 e. The molecule has 0 radical (unpaired) electrons. The SMILES string of the molecule is O=c1cc(C(F)(F)F)nc(NCc2ccc3ccccc3c2)[nH]1. The summed E-state index contributed by atoms with van der Waals surface area (Å²) in [5.74, 6) is -0.210. The van der Waals surface area contributed by atoms with Gasteiger partial charge in [-0.05, 0) is 22.4 Å². The highest BCUT2D eigenvalue weighted by molar-refractivity contribution is 5.83. The first-order valence-corrected chi connectivity index (χ1v) is 6.82. The van der Waals surface area contributed by atoms with E-state index in [1.54, 1.807) is 0 Å². The van der Waals surface area contributed by atoms with Crippen LogP contribution in [-0.4, -0.2) is 9.97 Å².